The summed E-state index contributed by atoms with van der Waals surface area (Å²) in [6, 6.07) is 2.38. The molecular weight excluding hydrogens is 256 g/mol. The Morgan fingerprint density at radius 1 is 1.50 bits per heavy atom. The van der Waals surface area contributed by atoms with E-state index in [1.165, 1.54) is 25.8 Å². The van der Waals surface area contributed by atoms with Gasteiger partial charge in [0, 0.05) is 31.4 Å². The molecule has 1 aromatic rings. The van der Waals surface area contributed by atoms with Gasteiger partial charge in [0.2, 0.25) is 5.82 Å². The van der Waals surface area contributed by atoms with Crippen molar-refractivity contribution >= 4 is 11.5 Å². The smallest absolute Gasteiger partial charge is 0.311 e. The van der Waals surface area contributed by atoms with E-state index in [-0.39, 0.29) is 10.6 Å². The normalized spacial score (nSPS) is 22.9. The maximum Gasteiger partial charge on any atom is 0.311 e. The lowest BCUT2D eigenvalue weighted by Crippen LogP contribution is -2.25. The summed E-state index contributed by atoms with van der Waals surface area (Å²) in [5, 5.41) is 14.2. The Hall–Kier alpha value is -1.69. The number of likely N-dealkylation sites (tertiary alicyclic amines) is 1. The molecule has 20 heavy (non-hydrogen) atoms. The molecule has 1 N–H and O–H groups in total. The molecule has 0 bridgehead atoms. The van der Waals surface area contributed by atoms with E-state index in [1.807, 2.05) is 6.92 Å². The Kier molecular flexibility index (Phi) is 3.56. The Balaban J connectivity index is 1.59. The first-order chi connectivity index (χ1) is 9.63. The van der Waals surface area contributed by atoms with Crippen molar-refractivity contribution in [3.05, 3.63) is 27.9 Å². The van der Waals surface area contributed by atoms with Crippen LogP contribution in [0.5, 0.6) is 0 Å². The van der Waals surface area contributed by atoms with Gasteiger partial charge in [-0.25, -0.2) is 4.98 Å². The fourth-order valence-electron chi connectivity index (χ4n) is 2.87. The van der Waals surface area contributed by atoms with Crippen LogP contribution in [0.4, 0.5) is 11.5 Å². The fraction of sp³-hybridized carbons (Fsp3) is 0.643. The van der Waals surface area contributed by atoms with Gasteiger partial charge in [0.25, 0.3) is 0 Å². The van der Waals surface area contributed by atoms with Gasteiger partial charge in [-0.05, 0) is 44.2 Å². The van der Waals surface area contributed by atoms with E-state index in [4.69, 9.17) is 0 Å². The average Bonchev–Trinajstić information content (AvgIpc) is 3.17. The molecule has 1 unspecified atom stereocenters. The highest BCUT2D eigenvalue weighted by Crippen LogP contribution is 2.32. The van der Waals surface area contributed by atoms with Crippen molar-refractivity contribution in [1.82, 2.24) is 9.88 Å². The highest BCUT2D eigenvalue weighted by atomic mass is 16.6. The van der Waals surface area contributed by atoms with Crippen molar-refractivity contribution in [3.8, 4) is 0 Å². The first-order valence-electron chi connectivity index (χ1n) is 7.22. The quantitative estimate of drug-likeness (QED) is 0.659. The minimum Gasteiger partial charge on any atom is -0.364 e. The van der Waals surface area contributed by atoms with E-state index in [0.717, 1.165) is 24.7 Å². The second-order valence-corrected chi connectivity index (χ2v) is 5.90. The number of pyridine rings is 1. The van der Waals surface area contributed by atoms with Gasteiger partial charge in [-0.15, -0.1) is 0 Å². The molecule has 2 aliphatic rings. The van der Waals surface area contributed by atoms with E-state index < -0.39 is 0 Å². The molecule has 1 aliphatic carbocycles. The molecule has 1 saturated heterocycles. The first-order valence-corrected chi connectivity index (χ1v) is 7.22. The molecule has 2 fully saturated rings. The summed E-state index contributed by atoms with van der Waals surface area (Å²) in [4.78, 5) is 17.4. The molecule has 2 heterocycles. The predicted octanol–water partition coefficient (Wildman–Crippen LogP) is 2.19. The molecule has 1 aliphatic heterocycles. The van der Waals surface area contributed by atoms with Gasteiger partial charge in [-0.3, -0.25) is 10.1 Å². The average molecular weight is 276 g/mol. The summed E-state index contributed by atoms with van der Waals surface area (Å²) in [6.45, 7) is 4.85. The topological polar surface area (TPSA) is 71.3 Å². The first kappa shape index (κ1) is 13.3. The largest absolute Gasteiger partial charge is 0.364 e. The number of aryl methyl sites for hydroxylation is 1. The van der Waals surface area contributed by atoms with Crippen LogP contribution >= 0.6 is 0 Å². The number of nitrogens with zero attached hydrogens (tertiary/aromatic N) is 3. The van der Waals surface area contributed by atoms with E-state index in [9.17, 15) is 10.1 Å². The summed E-state index contributed by atoms with van der Waals surface area (Å²) in [5.74, 6) is 0.962. The van der Waals surface area contributed by atoms with Gasteiger partial charge in [-0.1, -0.05) is 0 Å². The van der Waals surface area contributed by atoms with Crippen LogP contribution in [0.2, 0.25) is 0 Å². The highest BCUT2D eigenvalue weighted by molar-refractivity contribution is 5.56. The van der Waals surface area contributed by atoms with E-state index >= 15 is 0 Å². The molecule has 0 aromatic carbocycles. The van der Waals surface area contributed by atoms with Crippen LogP contribution in [0, 0.1) is 23.0 Å². The maximum atomic E-state index is 11.0. The summed E-state index contributed by atoms with van der Waals surface area (Å²) in [5.41, 5.74) is 0.880. The molecule has 1 aromatic heterocycles. The van der Waals surface area contributed by atoms with Crippen molar-refractivity contribution in [1.29, 1.82) is 0 Å². The molecule has 108 valence electrons. The van der Waals surface area contributed by atoms with Crippen LogP contribution in [0.15, 0.2) is 12.3 Å². The summed E-state index contributed by atoms with van der Waals surface area (Å²) in [6.07, 6.45) is 5.51. The highest BCUT2D eigenvalue weighted by Gasteiger charge is 2.34. The predicted molar refractivity (Wildman–Crippen MR) is 76.8 cm³/mol. The van der Waals surface area contributed by atoms with Crippen LogP contribution in [0.1, 0.15) is 24.8 Å². The number of aromatic nitrogens is 1. The summed E-state index contributed by atoms with van der Waals surface area (Å²) < 4.78 is 0. The van der Waals surface area contributed by atoms with Gasteiger partial charge in [0.05, 0.1) is 4.92 Å². The molecule has 0 amide bonds. The second-order valence-electron chi connectivity index (χ2n) is 5.90. The SMILES string of the molecule is Cc1cnc(NCC2CCN(C3CC3)C2)c([N+](=O)[O-])c1. The lowest BCUT2D eigenvalue weighted by atomic mass is 10.1. The molecule has 3 rings (SSSR count). The van der Waals surface area contributed by atoms with Crippen molar-refractivity contribution in [2.45, 2.75) is 32.2 Å². The minimum atomic E-state index is -0.368. The molecule has 1 saturated carbocycles. The number of hydrogen-bond acceptors (Lipinski definition) is 5. The molecule has 0 radical (unpaired) electrons. The monoisotopic (exact) mass is 276 g/mol. The van der Waals surface area contributed by atoms with Crippen molar-refractivity contribution in [3.63, 3.8) is 0 Å². The van der Waals surface area contributed by atoms with E-state index in [1.54, 1.807) is 12.3 Å². The molecular formula is C14H20N4O2. The Labute approximate surface area is 118 Å². The van der Waals surface area contributed by atoms with Gasteiger partial charge in [0.1, 0.15) is 0 Å². The Morgan fingerprint density at radius 2 is 2.30 bits per heavy atom. The van der Waals surface area contributed by atoms with Crippen LogP contribution in [-0.2, 0) is 0 Å². The van der Waals surface area contributed by atoms with Crippen molar-refractivity contribution < 1.29 is 4.92 Å². The third kappa shape index (κ3) is 2.90. The molecule has 6 nitrogen and oxygen atoms in total. The molecule has 1 atom stereocenters. The molecule has 6 heteroatoms. The zero-order valence-corrected chi connectivity index (χ0v) is 11.7. The Bertz CT molecular complexity index is 516. The Morgan fingerprint density at radius 3 is 3.00 bits per heavy atom. The van der Waals surface area contributed by atoms with Crippen molar-refractivity contribution in [2.75, 3.05) is 25.0 Å². The minimum absolute atomic E-state index is 0.0713. The number of nitro groups is 1. The van der Waals surface area contributed by atoms with Gasteiger partial charge in [-0.2, -0.15) is 0 Å². The number of hydrogen-bond donors (Lipinski definition) is 1. The zero-order chi connectivity index (χ0) is 14.1. The lowest BCUT2D eigenvalue weighted by Gasteiger charge is -2.15. The van der Waals surface area contributed by atoms with Crippen LogP contribution in [0.25, 0.3) is 0 Å². The zero-order valence-electron chi connectivity index (χ0n) is 11.7. The molecule has 0 spiro atoms. The van der Waals surface area contributed by atoms with Crippen LogP contribution < -0.4 is 5.32 Å². The van der Waals surface area contributed by atoms with Crippen molar-refractivity contribution in [2.24, 2.45) is 5.92 Å². The number of nitrogens with one attached hydrogen (secondary N) is 1. The van der Waals surface area contributed by atoms with Gasteiger partial charge < -0.3 is 10.2 Å². The third-order valence-corrected chi connectivity index (χ3v) is 4.14. The standard InChI is InChI=1S/C14H20N4O2/c1-10-6-13(18(19)20)14(15-7-10)16-8-11-4-5-17(9-11)12-2-3-12/h6-7,11-12H,2-5,8-9H2,1H3,(H,15,16). The number of rotatable bonds is 5. The summed E-state index contributed by atoms with van der Waals surface area (Å²) >= 11 is 0. The fourth-order valence-corrected chi connectivity index (χ4v) is 2.87. The van der Waals surface area contributed by atoms with E-state index in [2.05, 4.69) is 15.2 Å². The van der Waals surface area contributed by atoms with Gasteiger partial charge >= 0.3 is 5.69 Å². The van der Waals surface area contributed by atoms with Gasteiger partial charge in [0.15, 0.2) is 0 Å². The summed E-state index contributed by atoms with van der Waals surface area (Å²) in [7, 11) is 0. The second kappa shape index (κ2) is 5.36. The van der Waals surface area contributed by atoms with E-state index in [0.29, 0.717) is 11.7 Å². The third-order valence-electron chi connectivity index (χ3n) is 4.14. The lowest BCUT2D eigenvalue weighted by molar-refractivity contribution is -0.384. The van der Waals surface area contributed by atoms with Crippen LogP contribution in [0.3, 0.4) is 0 Å². The maximum absolute atomic E-state index is 11.0. The number of anilines is 1. The van der Waals surface area contributed by atoms with Crippen LogP contribution in [-0.4, -0.2) is 40.5 Å².